The molecule has 0 aromatic heterocycles. The van der Waals surface area contributed by atoms with Crippen molar-refractivity contribution in [3.05, 3.63) is 60.3 Å². The molecule has 1 aromatic rings. The van der Waals surface area contributed by atoms with Crippen LogP contribution in [0.2, 0.25) is 0 Å². The topological polar surface area (TPSA) is 67.4 Å². The van der Waals surface area contributed by atoms with Crippen molar-refractivity contribution >= 4 is 17.5 Å². The highest BCUT2D eigenvalue weighted by molar-refractivity contribution is 6.40. The molecule has 2 amide bonds. The number of hydrogen-bond acceptors (Lipinski definition) is 3. The van der Waals surface area contributed by atoms with Crippen molar-refractivity contribution < 1.29 is 14.3 Å². The van der Waals surface area contributed by atoms with E-state index in [4.69, 9.17) is 4.74 Å². The van der Waals surface area contributed by atoms with Crippen molar-refractivity contribution in [3.63, 3.8) is 0 Å². The molecule has 0 fully saturated rings. The Hall–Kier alpha value is -2.82. The van der Waals surface area contributed by atoms with E-state index in [1.165, 1.54) is 0 Å². The van der Waals surface area contributed by atoms with Gasteiger partial charge >= 0.3 is 11.8 Å². The third kappa shape index (κ3) is 4.85. The van der Waals surface area contributed by atoms with Crippen LogP contribution >= 0.6 is 0 Å². The van der Waals surface area contributed by atoms with E-state index < -0.39 is 11.8 Å². The highest BCUT2D eigenvalue weighted by atomic mass is 16.5. The second-order valence-corrected chi connectivity index (χ2v) is 5.06. The Bertz CT molecular complexity index is 675. The monoisotopic (exact) mass is 312 g/mol. The molecule has 120 valence electrons. The van der Waals surface area contributed by atoms with E-state index in [2.05, 4.69) is 10.6 Å². The lowest BCUT2D eigenvalue weighted by atomic mass is 10.1. The van der Waals surface area contributed by atoms with Crippen molar-refractivity contribution in [2.45, 2.75) is 13.8 Å². The average molecular weight is 312 g/mol. The maximum atomic E-state index is 12.1. The second-order valence-electron chi connectivity index (χ2n) is 5.06. The van der Waals surface area contributed by atoms with Crippen LogP contribution in [0.4, 0.5) is 5.69 Å². The van der Waals surface area contributed by atoms with Gasteiger partial charge in [-0.15, -0.1) is 0 Å². The number of hydrogen-bond donors (Lipinski definition) is 2. The fourth-order valence-corrected chi connectivity index (χ4v) is 2.09. The minimum Gasteiger partial charge on any atom is -0.492 e. The van der Waals surface area contributed by atoms with E-state index in [1.807, 2.05) is 38.2 Å². The zero-order valence-corrected chi connectivity index (χ0v) is 13.2. The predicted molar refractivity (Wildman–Crippen MR) is 89.9 cm³/mol. The Morgan fingerprint density at radius 1 is 1.13 bits per heavy atom. The molecule has 1 aliphatic carbocycles. The first-order valence-electron chi connectivity index (χ1n) is 7.51. The lowest BCUT2D eigenvalue weighted by Gasteiger charge is -2.11. The summed E-state index contributed by atoms with van der Waals surface area (Å²) in [6.07, 6.45) is 9.34. The van der Waals surface area contributed by atoms with Crippen LogP contribution in [0.1, 0.15) is 13.8 Å². The Morgan fingerprint density at radius 2 is 1.87 bits per heavy atom. The van der Waals surface area contributed by atoms with Gasteiger partial charge in [0.2, 0.25) is 0 Å². The number of benzene rings is 1. The summed E-state index contributed by atoms with van der Waals surface area (Å²) < 4.78 is 5.42. The summed E-state index contributed by atoms with van der Waals surface area (Å²) in [5.41, 5.74) is 1.07. The van der Waals surface area contributed by atoms with Gasteiger partial charge in [-0.1, -0.05) is 43.4 Å². The number of nitrogens with one attached hydrogen (secondary N) is 2. The number of amides is 2. The standard InChI is InChI=1S/C18H20N2O3/c1-3-23-16-11-7-6-10-15(16)20-18(22)17(21)19-14-9-5-4-8-13(2)12-14/h4-13H,3H2,1-2H3,(H,19,21)(H,20,22). The Morgan fingerprint density at radius 3 is 2.65 bits per heavy atom. The van der Waals surface area contributed by atoms with Crippen molar-refractivity contribution in [2.24, 2.45) is 5.92 Å². The van der Waals surface area contributed by atoms with Crippen LogP contribution < -0.4 is 15.4 Å². The van der Waals surface area contributed by atoms with Crippen LogP contribution in [-0.4, -0.2) is 18.4 Å². The highest BCUT2D eigenvalue weighted by Crippen LogP contribution is 2.23. The molecule has 0 radical (unpaired) electrons. The zero-order chi connectivity index (χ0) is 16.7. The molecule has 1 aliphatic rings. The third-order valence-electron chi connectivity index (χ3n) is 3.14. The summed E-state index contributed by atoms with van der Waals surface area (Å²) in [7, 11) is 0. The molecule has 0 bridgehead atoms. The van der Waals surface area contributed by atoms with Gasteiger partial charge < -0.3 is 15.4 Å². The van der Waals surface area contributed by atoms with Crippen molar-refractivity contribution in [3.8, 4) is 5.75 Å². The van der Waals surface area contributed by atoms with E-state index in [0.717, 1.165) is 0 Å². The fraction of sp³-hybridized carbons (Fsp3) is 0.222. The maximum Gasteiger partial charge on any atom is 0.314 e. The zero-order valence-electron chi connectivity index (χ0n) is 13.2. The van der Waals surface area contributed by atoms with E-state index in [-0.39, 0.29) is 5.92 Å². The molecule has 2 rings (SSSR count). The normalized spacial score (nSPS) is 16.3. The summed E-state index contributed by atoms with van der Waals surface area (Å²) in [5, 5.41) is 5.17. The lowest BCUT2D eigenvalue weighted by molar-refractivity contribution is -0.135. The molecule has 0 saturated carbocycles. The van der Waals surface area contributed by atoms with Gasteiger partial charge in [-0.25, -0.2) is 0 Å². The number of carbonyl (C=O) groups excluding carboxylic acids is 2. The van der Waals surface area contributed by atoms with E-state index in [1.54, 1.807) is 30.3 Å². The maximum absolute atomic E-state index is 12.1. The largest absolute Gasteiger partial charge is 0.492 e. The second kappa shape index (κ2) is 7.98. The van der Waals surface area contributed by atoms with Gasteiger partial charge in [0.15, 0.2) is 0 Å². The molecule has 0 saturated heterocycles. The molecular formula is C18H20N2O3. The first-order chi connectivity index (χ1) is 11.1. The summed E-state index contributed by atoms with van der Waals surface area (Å²) >= 11 is 0. The van der Waals surface area contributed by atoms with Crippen LogP contribution in [0, 0.1) is 5.92 Å². The molecule has 1 unspecified atom stereocenters. The molecule has 5 nitrogen and oxygen atoms in total. The number of para-hydroxylation sites is 2. The third-order valence-corrected chi connectivity index (χ3v) is 3.14. The molecular weight excluding hydrogens is 292 g/mol. The molecule has 0 aliphatic heterocycles. The summed E-state index contributed by atoms with van der Waals surface area (Å²) in [5.74, 6) is -0.748. The molecule has 0 spiro atoms. The van der Waals surface area contributed by atoms with Gasteiger partial charge in [0, 0.05) is 5.70 Å². The number of ether oxygens (including phenoxy) is 1. The van der Waals surface area contributed by atoms with Crippen LogP contribution in [0.3, 0.4) is 0 Å². The van der Waals surface area contributed by atoms with Crippen molar-refractivity contribution in [2.75, 3.05) is 11.9 Å². The Balaban J connectivity index is 2.02. The van der Waals surface area contributed by atoms with E-state index in [0.29, 0.717) is 23.7 Å². The molecule has 23 heavy (non-hydrogen) atoms. The SMILES string of the molecule is CCOc1ccccc1NC(=O)C(=O)NC1=CC(C)C=CC=C1. The number of carbonyl (C=O) groups is 2. The minimum atomic E-state index is -0.740. The molecule has 1 aromatic carbocycles. The van der Waals surface area contributed by atoms with E-state index >= 15 is 0 Å². The van der Waals surface area contributed by atoms with Crippen LogP contribution in [-0.2, 0) is 9.59 Å². The first-order valence-corrected chi connectivity index (χ1v) is 7.51. The number of allylic oxidation sites excluding steroid dienone is 5. The first kappa shape index (κ1) is 16.5. The highest BCUT2D eigenvalue weighted by Gasteiger charge is 2.16. The van der Waals surface area contributed by atoms with Gasteiger partial charge in [0.25, 0.3) is 0 Å². The van der Waals surface area contributed by atoms with Gasteiger partial charge in [-0.05, 0) is 31.1 Å². The quantitative estimate of drug-likeness (QED) is 0.840. The molecule has 5 heteroatoms. The van der Waals surface area contributed by atoms with Gasteiger partial charge in [0.1, 0.15) is 5.75 Å². The summed E-state index contributed by atoms with van der Waals surface area (Å²) in [6, 6.07) is 6.99. The number of rotatable bonds is 4. The molecule has 2 N–H and O–H groups in total. The van der Waals surface area contributed by atoms with Crippen molar-refractivity contribution in [1.29, 1.82) is 0 Å². The van der Waals surface area contributed by atoms with Crippen LogP contribution in [0.5, 0.6) is 5.75 Å². The van der Waals surface area contributed by atoms with Gasteiger partial charge in [-0.2, -0.15) is 0 Å². The smallest absolute Gasteiger partial charge is 0.314 e. The number of anilines is 1. The average Bonchev–Trinajstić information content (AvgIpc) is 2.73. The minimum absolute atomic E-state index is 0.182. The van der Waals surface area contributed by atoms with Crippen molar-refractivity contribution in [1.82, 2.24) is 5.32 Å². The van der Waals surface area contributed by atoms with Gasteiger partial charge in [0.05, 0.1) is 12.3 Å². The molecule has 0 heterocycles. The predicted octanol–water partition coefficient (Wildman–Crippen LogP) is 2.79. The summed E-state index contributed by atoms with van der Waals surface area (Å²) in [4.78, 5) is 24.1. The Kier molecular flexibility index (Phi) is 5.74. The van der Waals surface area contributed by atoms with Crippen LogP contribution in [0.15, 0.2) is 60.3 Å². The fourth-order valence-electron chi connectivity index (χ4n) is 2.09. The Labute approximate surface area is 135 Å². The van der Waals surface area contributed by atoms with E-state index in [9.17, 15) is 9.59 Å². The van der Waals surface area contributed by atoms with Gasteiger partial charge in [-0.3, -0.25) is 9.59 Å². The molecule has 1 atom stereocenters. The summed E-state index contributed by atoms with van der Waals surface area (Å²) in [6.45, 7) is 4.32. The lowest BCUT2D eigenvalue weighted by Crippen LogP contribution is -2.34. The van der Waals surface area contributed by atoms with Crippen LogP contribution in [0.25, 0.3) is 0 Å².